The average molecular weight is 543 g/mol. The monoisotopic (exact) mass is 542 g/mol. The summed E-state index contributed by atoms with van der Waals surface area (Å²) in [6, 6.07) is 9.17. The third kappa shape index (κ3) is 5.00. The van der Waals surface area contributed by atoms with E-state index >= 15 is 0 Å². The lowest BCUT2D eigenvalue weighted by Gasteiger charge is -2.41. The quantitative estimate of drug-likeness (QED) is 0.574. The number of likely N-dealkylation sites (tertiary alicyclic amines) is 1. The predicted octanol–water partition coefficient (Wildman–Crippen LogP) is 3.80. The second-order valence-corrected chi connectivity index (χ2v) is 12.3. The minimum absolute atomic E-state index is 0.155. The van der Waals surface area contributed by atoms with Crippen LogP contribution in [0.15, 0.2) is 44.4 Å². The van der Waals surface area contributed by atoms with Crippen LogP contribution in [0.1, 0.15) is 36.0 Å². The highest BCUT2D eigenvalue weighted by Crippen LogP contribution is 2.32. The van der Waals surface area contributed by atoms with Gasteiger partial charge in [-0.2, -0.15) is 0 Å². The smallest absolute Gasteiger partial charge is 0.306 e. The van der Waals surface area contributed by atoms with Crippen molar-refractivity contribution in [3.63, 3.8) is 0 Å². The summed E-state index contributed by atoms with van der Waals surface area (Å²) in [4.78, 5) is 26.5. The summed E-state index contributed by atoms with van der Waals surface area (Å²) < 4.78 is 34.2. The molecule has 3 unspecified atom stereocenters. The van der Waals surface area contributed by atoms with Crippen LogP contribution in [-0.4, -0.2) is 55.6 Å². The van der Waals surface area contributed by atoms with Gasteiger partial charge < -0.3 is 14.7 Å². The number of nitrogens with one attached hydrogen (secondary N) is 1. The second-order valence-electron chi connectivity index (χ2n) is 7.92. The predicted molar refractivity (Wildman–Crippen MR) is 123 cm³/mol. The average Bonchev–Trinajstić information content (AvgIpc) is 3.45. The summed E-state index contributed by atoms with van der Waals surface area (Å²) >= 11 is 4.36. The lowest BCUT2D eigenvalue weighted by atomic mass is 9.87. The van der Waals surface area contributed by atoms with Crippen LogP contribution in [0.25, 0.3) is 0 Å². The highest BCUT2D eigenvalue weighted by molar-refractivity contribution is 9.11. The molecule has 2 aliphatic rings. The van der Waals surface area contributed by atoms with Crippen LogP contribution in [0.4, 0.5) is 5.69 Å². The summed E-state index contributed by atoms with van der Waals surface area (Å²) in [6.45, 7) is 0.971. The summed E-state index contributed by atoms with van der Waals surface area (Å²) in [7, 11) is -3.71. The maximum atomic E-state index is 13.2. The van der Waals surface area contributed by atoms with Crippen molar-refractivity contribution < 1.29 is 27.9 Å². The first-order valence-corrected chi connectivity index (χ1v) is 13.4. The van der Waals surface area contributed by atoms with Gasteiger partial charge in [-0.15, -0.1) is 11.3 Å². The van der Waals surface area contributed by atoms with Gasteiger partial charge in [0.2, 0.25) is 0 Å². The van der Waals surface area contributed by atoms with E-state index < -0.39 is 21.9 Å². The number of benzene rings is 1. The molecular weight excluding hydrogens is 520 g/mol. The number of anilines is 1. The molecule has 0 spiro atoms. The first kappa shape index (κ1) is 23.2. The fraction of sp³-hybridized carbons (Fsp3) is 0.429. The summed E-state index contributed by atoms with van der Waals surface area (Å²) in [6.07, 6.45) is 2.33. The zero-order chi connectivity index (χ0) is 22.9. The number of hydrogen-bond acceptors (Lipinski definition) is 6. The zero-order valence-electron chi connectivity index (χ0n) is 17.1. The zero-order valence-corrected chi connectivity index (χ0v) is 20.3. The maximum Gasteiger partial charge on any atom is 0.306 e. The molecule has 1 aromatic heterocycles. The van der Waals surface area contributed by atoms with Crippen molar-refractivity contribution in [2.24, 2.45) is 5.92 Å². The molecule has 3 atom stereocenters. The minimum Gasteiger partial charge on any atom is -0.481 e. The molecular formula is C21H23BrN2O6S2. The van der Waals surface area contributed by atoms with E-state index in [1.807, 2.05) is 0 Å². The van der Waals surface area contributed by atoms with E-state index in [1.165, 1.54) is 6.07 Å². The van der Waals surface area contributed by atoms with Crippen LogP contribution in [0.5, 0.6) is 0 Å². The molecule has 0 saturated carbocycles. The van der Waals surface area contributed by atoms with E-state index in [0.717, 1.165) is 24.2 Å². The Bertz CT molecular complexity index is 1100. The van der Waals surface area contributed by atoms with Crippen molar-refractivity contribution in [1.82, 2.24) is 4.90 Å². The highest BCUT2D eigenvalue weighted by Gasteiger charge is 2.40. The number of amides is 1. The number of carboxylic acid groups (broad SMARTS) is 1. The highest BCUT2D eigenvalue weighted by atomic mass is 79.9. The van der Waals surface area contributed by atoms with Crippen LogP contribution >= 0.6 is 27.3 Å². The van der Waals surface area contributed by atoms with E-state index in [0.29, 0.717) is 41.0 Å². The van der Waals surface area contributed by atoms with Crippen LogP contribution in [0, 0.1) is 5.92 Å². The summed E-state index contributed by atoms with van der Waals surface area (Å²) in [5.74, 6) is -1.53. The Morgan fingerprint density at radius 2 is 1.91 bits per heavy atom. The van der Waals surface area contributed by atoms with E-state index in [4.69, 9.17) is 4.74 Å². The summed E-state index contributed by atoms with van der Waals surface area (Å²) in [5, 5.41) is 9.45. The number of aliphatic carboxylic acids is 1. The molecule has 2 aliphatic heterocycles. The van der Waals surface area contributed by atoms with Gasteiger partial charge in [0.15, 0.2) is 0 Å². The molecule has 0 aliphatic carbocycles. The van der Waals surface area contributed by atoms with Crippen molar-refractivity contribution in [2.75, 3.05) is 17.9 Å². The number of ether oxygens (including phenoxy) is 1. The Labute approximate surface area is 198 Å². The number of nitrogens with zero attached hydrogens (tertiary/aromatic N) is 1. The van der Waals surface area contributed by atoms with Gasteiger partial charge in [0.05, 0.1) is 21.9 Å². The van der Waals surface area contributed by atoms with Crippen LogP contribution < -0.4 is 4.72 Å². The van der Waals surface area contributed by atoms with Crippen LogP contribution in [0.2, 0.25) is 0 Å². The van der Waals surface area contributed by atoms with Crippen molar-refractivity contribution in [3.05, 3.63) is 45.7 Å². The van der Waals surface area contributed by atoms with Crippen LogP contribution in [0.3, 0.4) is 0 Å². The Morgan fingerprint density at radius 3 is 2.50 bits per heavy atom. The first-order valence-electron chi connectivity index (χ1n) is 10.3. The van der Waals surface area contributed by atoms with Crippen LogP contribution in [-0.2, 0) is 19.6 Å². The van der Waals surface area contributed by atoms with Gasteiger partial charge in [-0.3, -0.25) is 14.3 Å². The first-order chi connectivity index (χ1) is 15.2. The van der Waals surface area contributed by atoms with E-state index in [2.05, 4.69) is 20.7 Å². The van der Waals surface area contributed by atoms with Crippen molar-refractivity contribution in [2.45, 2.75) is 42.0 Å². The number of carbonyl (C=O) groups is 2. The van der Waals surface area contributed by atoms with Gasteiger partial charge in [-0.05, 0) is 78.0 Å². The van der Waals surface area contributed by atoms with Crippen molar-refractivity contribution in [3.8, 4) is 0 Å². The van der Waals surface area contributed by atoms with Crippen molar-refractivity contribution >= 4 is 54.9 Å². The van der Waals surface area contributed by atoms with Gasteiger partial charge in [0.25, 0.3) is 15.9 Å². The maximum absolute atomic E-state index is 13.2. The largest absolute Gasteiger partial charge is 0.481 e. The fourth-order valence-electron chi connectivity index (χ4n) is 4.23. The lowest BCUT2D eigenvalue weighted by Crippen LogP contribution is -2.52. The number of carboxylic acids is 1. The molecule has 172 valence electrons. The minimum atomic E-state index is -3.71. The lowest BCUT2D eigenvalue weighted by molar-refractivity contribution is -0.144. The van der Waals surface area contributed by atoms with Gasteiger partial charge in [0, 0.05) is 24.4 Å². The Kier molecular flexibility index (Phi) is 6.89. The SMILES string of the molecule is O=C(O)C1CCN(C(=O)c2ccc(NS(=O)(=O)c3ccc(Br)s3)cc2)C(C2CCCO2)C1. The normalized spacial score (nSPS) is 23.8. The Hall–Kier alpha value is -1.95. The summed E-state index contributed by atoms with van der Waals surface area (Å²) in [5.41, 5.74) is 0.773. The number of halogens is 1. The van der Waals surface area contributed by atoms with Crippen molar-refractivity contribution in [1.29, 1.82) is 0 Å². The van der Waals surface area contributed by atoms with Gasteiger partial charge in [-0.25, -0.2) is 8.42 Å². The second kappa shape index (κ2) is 9.50. The fourth-order valence-corrected chi connectivity index (χ4v) is 7.30. The Morgan fingerprint density at radius 1 is 1.16 bits per heavy atom. The standard InChI is InChI=1S/C21H23BrN2O6S2/c22-18-7-8-19(31-18)32(28,29)23-15-5-3-13(4-6-15)20(25)24-10-9-14(21(26)27)12-16(24)17-2-1-11-30-17/h3-8,14,16-17,23H,1-2,9-12H2,(H,26,27). The molecule has 2 fully saturated rings. The topological polar surface area (TPSA) is 113 Å². The molecule has 3 heterocycles. The molecule has 4 rings (SSSR count). The van der Waals surface area contributed by atoms with E-state index in [9.17, 15) is 23.1 Å². The molecule has 2 saturated heterocycles. The van der Waals surface area contributed by atoms with Gasteiger partial charge in [0.1, 0.15) is 4.21 Å². The number of carbonyl (C=O) groups excluding carboxylic acids is 1. The molecule has 8 nitrogen and oxygen atoms in total. The Balaban J connectivity index is 1.49. The molecule has 2 aromatic rings. The number of thiophene rings is 1. The third-order valence-corrected chi connectivity index (χ3v) is 9.34. The molecule has 0 radical (unpaired) electrons. The number of hydrogen-bond donors (Lipinski definition) is 2. The van der Waals surface area contributed by atoms with Gasteiger partial charge in [-0.1, -0.05) is 0 Å². The molecule has 2 N–H and O–H groups in total. The van der Waals surface area contributed by atoms with E-state index in [1.54, 1.807) is 35.2 Å². The third-order valence-electron chi connectivity index (χ3n) is 5.85. The molecule has 32 heavy (non-hydrogen) atoms. The molecule has 1 amide bonds. The number of piperidine rings is 1. The molecule has 1 aromatic carbocycles. The molecule has 0 bridgehead atoms. The number of rotatable bonds is 6. The molecule has 11 heteroatoms. The number of sulfonamides is 1. The van der Waals surface area contributed by atoms with Gasteiger partial charge >= 0.3 is 5.97 Å². The van der Waals surface area contributed by atoms with E-state index in [-0.39, 0.29) is 22.3 Å².